The normalized spacial score (nSPS) is 15.7. The van der Waals surface area contributed by atoms with Gasteiger partial charge in [0, 0.05) is 17.7 Å². The van der Waals surface area contributed by atoms with Crippen LogP contribution in [0.1, 0.15) is 34.0 Å². The van der Waals surface area contributed by atoms with Crippen LogP contribution in [0.3, 0.4) is 0 Å². The van der Waals surface area contributed by atoms with E-state index in [4.69, 9.17) is 9.94 Å². The first kappa shape index (κ1) is 20.8. The molecule has 0 aromatic heterocycles. The monoisotopic (exact) mass is 388 g/mol. The maximum absolute atomic E-state index is 12.8. The summed E-state index contributed by atoms with van der Waals surface area (Å²) in [6.07, 6.45) is 0.338. The van der Waals surface area contributed by atoms with Crippen molar-refractivity contribution in [3.8, 4) is 5.75 Å². The first-order valence-electron chi connectivity index (χ1n) is 8.53. The zero-order valence-corrected chi connectivity index (χ0v) is 16.4. The molecule has 2 amide bonds. The van der Waals surface area contributed by atoms with E-state index in [0.29, 0.717) is 30.9 Å². The minimum absolute atomic E-state index is 0. The van der Waals surface area contributed by atoms with Crippen molar-refractivity contribution >= 4 is 25.3 Å². The number of nitrogens with zero attached hydrogens (tertiary/aromatic N) is 1. The highest BCUT2D eigenvalue weighted by atomic mass is 32.1. The highest BCUT2D eigenvalue weighted by Crippen LogP contribution is 2.27. The Morgan fingerprint density at radius 1 is 1.22 bits per heavy atom. The first-order chi connectivity index (χ1) is 12.5. The average molecular weight is 388 g/mol. The highest BCUT2D eigenvalue weighted by molar-refractivity contribution is 7.59. The maximum Gasteiger partial charge on any atom is 0.274 e. The molecule has 0 bridgehead atoms. The van der Waals surface area contributed by atoms with Gasteiger partial charge in [0.25, 0.3) is 5.91 Å². The average Bonchev–Trinajstić information content (AvgIpc) is 2.81. The lowest BCUT2D eigenvalue weighted by molar-refractivity contribution is -0.133. The lowest BCUT2D eigenvalue weighted by Gasteiger charge is -2.26. The zero-order valence-electron chi connectivity index (χ0n) is 15.4. The maximum atomic E-state index is 12.8. The number of aryl methyl sites for hydroxylation is 1. The number of hydrogen-bond acceptors (Lipinski definition) is 4. The summed E-state index contributed by atoms with van der Waals surface area (Å²) in [6, 6.07) is 12.8. The van der Waals surface area contributed by atoms with Crippen molar-refractivity contribution in [2.45, 2.75) is 32.9 Å². The van der Waals surface area contributed by atoms with Crippen LogP contribution >= 0.6 is 13.5 Å². The summed E-state index contributed by atoms with van der Waals surface area (Å²) in [5.41, 5.74) is 4.89. The van der Waals surface area contributed by atoms with Crippen LogP contribution in [0, 0.1) is 6.92 Å². The van der Waals surface area contributed by atoms with Gasteiger partial charge in [-0.2, -0.15) is 13.5 Å². The minimum Gasteiger partial charge on any atom is -0.491 e. The zero-order chi connectivity index (χ0) is 18.7. The summed E-state index contributed by atoms with van der Waals surface area (Å²) in [7, 11) is 0. The number of nitrogens with one attached hydrogen (secondary N) is 1. The van der Waals surface area contributed by atoms with Gasteiger partial charge in [-0.1, -0.05) is 35.9 Å². The third-order valence-electron chi connectivity index (χ3n) is 4.58. The number of carbonyl (C=O) groups excluding carboxylic acids is 2. The van der Waals surface area contributed by atoms with E-state index in [1.165, 1.54) is 0 Å². The summed E-state index contributed by atoms with van der Waals surface area (Å²) in [6.45, 7) is 4.72. The van der Waals surface area contributed by atoms with Crippen LogP contribution in [0.2, 0.25) is 0 Å². The lowest BCUT2D eigenvalue weighted by Crippen LogP contribution is -2.40. The van der Waals surface area contributed by atoms with Gasteiger partial charge in [0.15, 0.2) is 0 Å². The van der Waals surface area contributed by atoms with Crippen molar-refractivity contribution in [1.82, 2.24) is 10.4 Å². The summed E-state index contributed by atoms with van der Waals surface area (Å²) in [5, 5.41) is 8.77. The van der Waals surface area contributed by atoms with Crippen molar-refractivity contribution in [2.75, 3.05) is 6.61 Å². The van der Waals surface area contributed by atoms with E-state index < -0.39 is 5.91 Å². The smallest absolute Gasteiger partial charge is 0.274 e. The van der Waals surface area contributed by atoms with E-state index in [1.807, 2.05) is 38.1 Å². The molecule has 0 saturated heterocycles. The molecule has 0 radical (unpaired) electrons. The van der Waals surface area contributed by atoms with E-state index in [-0.39, 0.29) is 25.4 Å². The van der Waals surface area contributed by atoms with Gasteiger partial charge < -0.3 is 9.64 Å². The van der Waals surface area contributed by atoms with Gasteiger partial charge >= 0.3 is 0 Å². The van der Waals surface area contributed by atoms with Crippen LogP contribution in [-0.4, -0.2) is 34.6 Å². The molecule has 0 spiro atoms. The Labute approximate surface area is 165 Å². The number of amides is 2. The van der Waals surface area contributed by atoms with Gasteiger partial charge in [0.2, 0.25) is 5.91 Å². The number of hydroxylamine groups is 1. The molecule has 1 heterocycles. The second-order valence-corrected chi connectivity index (χ2v) is 6.61. The van der Waals surface area contributed by atoms with E-state index in [0.717, 1.165) is 16.7 Å². The Hall–Kier alpha value is -2.51. The fourth-order valence-electron chi connectivity index (χ4n) is 2.98. The number of fused-ring (bicyclic) bond motifs is 1. The summed E-state index contributed by atoms with van der Waals surface area (Å²) >= 11 is 0. The molecule has 1 aliphatic heterocycles. The Bertz CT molecular complexity index is 823. The first-order valence-corrected chi connectivity index (χ1v) is 8.53. The summed E-state index contributed by atoms with van der Waals surface area (Å²) in [5.74, 6) is -0.000402. The van der Waals surface area contributed by atoms with Gasteiger partial charge in [-0.25, -0.2) is 5.48 Å². The molecule has 0 fully saturated rings. The van der Waals surface area contributed by atoms with Gasteiger partial charge in [0.05, 0.1) is 12.5 Å². The Morgan fingerprint density at radius 2 is 1.93 bits per heavy atom. The molecule has 0 aliphatic carbocycles. The van der Waals surface area contributed by atoms with Gasteiger partial charge in [-0.05, 0) is 31.5 Å². The molecule has 7 heteroatoms. The molecule has 1 aliphatic rings. The van der Waals surface area contributed by atoms with Crippen molar-refractivity contribution in [3.63, 3.8) is 0 Å². The molecule has 3 rings (SSSR count). The molecule has 1 atom stereocenters. The molecule has 6 nitrogen and oxygen atoms in total. The van der Waals surface area contributed by atoms with E-state index >= 15 is 0 Å². The topological polar surface area (TPSA) is 78.9 Å². The van der Waals surface area contributed by atoms with E-state index in [2.05, 4.69) is 0 Å². The number of rotatable bonds is 3. The second-order valence-electron chi connectivity index (χ2n) is 6.61. The fourth-order valence-corrected chi connectivity index (χ4v) is 2.98. The Kier molecular flexibility index (Phi) is 6.87. The van der Waals surface area contributed by atoms with Crippen molar-refractivity contribution in [1.29, 1.82) is 0 Å². The number of hydrogen-bond donors (Lipinski definition) is 2. The van der Waals surface area contributed by atoms with Gasteiger partial charge in [-0.3, -0.25) is 14.8 Å². The van der Waals surface area contributed by atoms with Crippen molar-refractivity contribution < 1.29 is 19.5 Å². The lowest BCUT2D eigenvalue weighted by atomic mass is 10.1. The van der Waals surface area contributed by atoms with Crippen LogP contribution in [0.5, 0.6) is 5.75 Å². The predicted octanol–water partition coefficient (Wildman–Crippen LogP) is 2.58. The van der Waals surface area contributed by atoms with Crippen LogP contribution < -0.4 is 10.2 Å². The Balaban J connectivity index is 0.00000261. The molecule has 144 valence electrons. The molecular formula is C20H24N2O4S. The molecule has 0 saturated carbocycles. The number of benzene rings is 2. The van der Waals surface area contributed by atoms with Crippen molar-refractivity contribution in [3.05, 3.63) is 64.7 Å². The summed E-state index contributed by atoms with van der Waals surface area (Å²) < 4.78 is 5.79. The third kappa shape index (κ3) is 4.81. The second kappa shape index (κ2) is 8.92. The molecule has 2 aromatic rings. The number of ether oxygens (including phenoxy) is 1. The highest BCUT2D eigenvalue weighted by Gasteiger charge is 2.26. The van der Waals surface area contributed by atoms with Crippen LogP contribution in [-0.2, 0) is 17.8 Å². The van der Waals surface area contributed by atoms with Crippen LogP contribution in [0.15, 0.2) is 42.5 Å². The van der Waals surface area contributed by atoms with Gasteiger partial charge in [0.1, 0.15) is 12.4 Å². The van der Waals surface area contributed by atoms with E-state index in [9.17, 15) is 9.59 Å². The molecule has 2 N–H and O–H groups in total. The van der Waals surface area contributed by atoms with Crippen molar-refractivity contribution in [2.24, 2.45) is 0 Å². The minimum atomic E-state index is -0.596. The fraction of sp³-hybridized carbons (Fsp3) is 0.300. The number of carbonyl (C=O) groups is 2. The Morgan fingerprint density at radius 3 is 2.59 bits per heavy atom. The molecule has 27 heavy (non-hydrogen) atoms. The van der Waals surface area contributed by atoms with Crippen LogP contribution in [0.25, 0.3) is 0 Å². The SMILES string of the molecule is Cc1ccc(CC(=O)N2Cc3ccc(C(=O)NO)cc3OC[C@@H]2C)cc1.S. The van der Waals surface area contributed by atoms with Crippen LogP contribution in [0.4, 0.5) is 0 Å². The molecule has 2 aromatic carbocycles. The molecular weight excluding hydrogens is 364 g/mol. The standard InChI is InChI=1S/C20H22N2O4.H2S/c1-13-3-5-15(6-4-13)9-19(23)22-11-17-8-7-16(20(24)21-25)10-18(17)26-12-14(22)2;/h3-8,10,14,25H,9,11-12H2,1-2H3,(H,21,24);1H2/t14-;/m0./s1. The van der Waals surface area contributed by atoms with E-state index in [1.54, 1.807) is 28.6 Å². The largest absolute Gasteiger partial charge is 0.491 e. The molecule has 0 unspecified atom stereocenters. The third-order valence-corrected chi connectivity index (χ3v) is 4.58. The quantitative estimate of drug-likeness (QED) is 0.626. The summed E-state index contributed by atoms with van der Waals surface area (Å²) in [4.78, 5) is 26.2. The predicted molar refractivity (Wildman–Crippen MR) is 106 cm³/mol. The van der Waals surface area contributed by atoms with Gasteiger partial charge in [-0.15, -0.1) is 0 Å².